The highest BCUT2D eigenvalue weighted by molar-refractivity contribution is 7.92. The highest BCUT2D eigenvalue weighted by Gasteiger charge is 2.25. The molecule has 23 heavy (non-hydrogen) atoms. The Bertz CT molecular complexity index is 755. The van der Waals surface area contributed by atoms with Gasteiger partial charge in [0, 0.05) is 0 Å². The van der Waals surface area contributed by atoms with Gasteiger partial charge in [-0.25, -0.2) is 13.2 Å². The van der Waals surface area contributed by atoms with E-state index < -0.39 is 21.3 Å². The predicted molar refractivity (Wildman–Crippen MR) is 87.6 cm³/mol. The Morgan fingerprint density at radius 2 is 1.70 bits per heavy atom. The van der Waals surface area contributed by atoms with Gasteiger partial charge in [-0.2, -0.15) is 0 Å². The summed E-state index contributed by atoms with van der Waals surface area (Å²) in [6.45, 7) is 3.38. The lowest BCUT2D eigenvalue weighted by Gasteiger charge is -2.15. The van der Waals surface area contributed by atoms with Crippen LogP contribution < -0.4 is 5.32 Å². The fourth-order valence-electron chi connectivity index (χ4n) is 1.94. The van der Waals surface area contributed by atoms with Crippen LogP contribution in [0.4, 0.5) is 4.79 Å². The van der Waals surface area contributed by atoms with E-state index in [4.69, 9.17) is 4.74 Å². The first-order chi connectivity index (χ1) is 10.9. The van der Waals surface area contributed by atoms with Gasteiger partial charge in [-0.3, -0.25) is 0 Å². The molecule has 1 N–H and O–H groups in total. The van der Waals surface area contributed by atoms with Crippen LogP contribution in [0.25, 0.3) is 0 Å². The number of aryl methyl sites for hydroxylation is 1. The number of benzene rings is 2. The molecule has 122 valence electrons. The summed E-state index contributed by atoms with van der Waals surface area (Å²) in [6.07, 6.45) is -0.767. The minimum Gasteiger partial charge on any atom is -0.445 e. The number of ether oxygens (including phenoxy) is 1. The van der Waals surface area contributed by atoms with Gasteiger partial charge >= 0.3 is 6.09 Å². The molecule has 0 bridgehead atoms. The molecule has 5 nitrogen and oxygen atoms in total. The number of nitrogens with one attached hydrogen (secondary N) is 1. The Morgan fingerprint density at radius 3 is 2.30 bits per heavy atom. The molecule has 0 aliphatic carbocycles. The quantitative estimate of drug-likeness (QED) is 0.913. The zero-order chi connectivity index (χ0) is 16.9. The van der Waals surface area contributed by atoms with Gasteiger partial charge in [0.2, 0.25) is 0 Å². The van der Waals surface area contributed by atoms with E-state index >= 15 is 0 Å². The van der Waals surface area contributed by atoms with Gasteiger partial charge in [0.1, 0.15) is 12.0 Å². The molecule has 0 fully saturated rings. The first-order valence-corrected chi connectivity index (χ1v) is 8.72. The van der Waals surface area contributed by atoms with Gasteiger partial charge in [-0.15, -0.1) is 0 Å². The second-order valence-corrected chi connectivity index (χ2v) is 7.47. The van der Waals surface area contributed by atoms with Crippen LogP contribution in [0.15, 0.2) is 59.5 Å². The molecule has 0 aliphatic heterocycles. The molecule has 0 saturated carbocycles. The van der Waals surface area contributed by atoms with E-state index in [0.29, 0.717) is 0 Å². The van der Waals surface area contributed by atoms with Crippen molar-refractivity contribution in [2.24, 2.45) is 0 Å². The van der Waals surface area contributed by atoms with Crippen molar-refractivity contribution in [2.75, 3.05) is 0 Å². The summed E-state index contributed by atoms with van der Waals surface area (Å²) in [5.41, 5.74) is 1.79. The molecule has 1 amide bonds. The van der Waals surface area contributed by atoms with Crippen molar-refractivity contribution in [2.45, 2.75) is 30.7 Å². The SMILES string of the molecule is Cc1ccc(S(=O)(=O)[C@@H](C)NC(=O)OCc2ccccc2)cc1. The Hall–Kier alpha value is -2.34. The third-order valence-electron chi connectivity index (χ3n) is 3.35. The first-order valence-electron chi connectivity index (χ1n) is 7.17. The van der Waals surface area contributed by atoms with Crippen LogP contribution in [0.1, 0.15) is 18.1 Å². The van der Waals surface area contributed by atoms with Crippen molar-refractivity contribution >= 4 is 15.9 Å². The number of alkyl carbamates (subject to hydrolysis) is 1. The molecular formula is C17H19NO4S. The van der Waals surface area contributed by atoms with Gasteiger partial charge in [0.25, 0.3) is 0 Å². The average molecular weight is 333 g/mol. The summed E-state index contributed by atoms with van der Waals surface area (Å²) >= 11 is 0. The van der Waals surface area contributed by atoms with Crippen LogP contribution in [0, 0.1) is 6.92 Å². The first kappa shape index (κ1) is 17.0. The van der Waals surface area contributed by atoms with Crippen molar-refractivity contribution in [3.05, 3.63) is 65.7 Å². The lowest BCUT2D eigenvalue weighted by Crippen LogP contribution is -2.38. The summed E-state index contributed by atoms with van der Waals surface area (Å²) in [6, 6.07) is 15.7. The van der Waals surface area contributed by atoms with Crippen LogP contribution in [0.3, 0.4) is 0 Å². The van der Waals surface area contributed by atoms with E-state index in [2.05, 4.69) is 5.32 Å². The number of hydrogen-bond acceptors (Lipinski definition) is 4. The van der Waals surface area contributed by atoms with E-state index in [9.17, 15) is 13.2 Å². The molecule has 0 aliphatic rings. The fourth-order valence-corrected chi connectivity index (χ4v) is 3.12. The second-order valence-electron chi connectivity index (χ2n) is 5.21. The van der Waals surface area contributed by atoms with Gasteiger partial charge < -0.3 is 10.1 Å². The third kappa shape index (κ3) is 4.56. The van der Waals surface area contributed by atoms with Gasteiger partial charge in [0.15, 0.2) is 9.84 Å². The Morgan fingerprint density at radius 1 is 1.09 bits per heavy atom. The summed E-state index contributed by atoms with van der Waals surface area (Å²) in [7, 11) is -3.65. The van der Waals surface area contributed by atoms with Gasteiger partial charge in [-0.1, -0.05) is 48.0 Å². The molecule has 0 heterocycles. The highest BCUT2D eigenvalue weighted by Crippen LogP contribution is 2.15. The molecule has 0 unspecified atom stereocenters. The minimum absolute atomic E-state index is 0.0873. The van der Waals surface area contributed by atoms with E-state index in [1.54, 1.807) is 12.1 Å². The molecule has 0 spiro atoms. The van der Waals surface area contributed by atoms with Crippen LogP contribution >= 0.6 is 0 Å². The Kier molecular flexibility index (Phi) is 5.39. The molecule has 2 aromatic rings. The lowest BCUT2D eigenvalue weighted by molar-refractivity contribution is 0.139. The maximum absolute atomic E-state index is 12.4. The van der Waals surface area contributed by atoms with E-state index in [1.807, 2.05) is 37.3 Å². The van der Waals surface area contributed by atoms with E-state index in [-0.39, 0.29) is 11.5 Å². The number of carbonyl (C=O) groups is 1. The highest BCUT2D eigenvalue weighted by atomic mass is 32.2. The number of carbonyl (C=O) groups excluding carboxylic acids is 1. The average Bonchev–Trinajstić information content (AvgIpc) is 2.54. The normalized spacial score (nSPS) is 12.4. The van der Waals surface area contributed by atoms with Crippen LogP contribution in [-0.2, 0) is 21.2 Å². The predicted octanol–water partition coefficient (Wildman–Crippen LogP) is 3.04. The zero-order valence-electron chi connectivity index (χ0n) is 13.0. The van der Waals surface area contributed by atoms with Crippen molar-refractivity contribution in [1.29, 1.82) is 0 Å². The summed E-state index contributed by atoms with van der Waals surface area (Å²) in [5.74, 6) is 0. The molecule has 2 aromatic carbocycles. The van der Waals surface area contributed by atoms with Crippen molar-refractivity contribution in [3.8, 4) is 0 Å². The summed E-state index contributed by atoms with van der Waals surface area (Å²) < 4.78 is 29.8. The minimum atomic E-state index is -3.65. The molecule has 0 aromatic heterocycles. The molecule has 1 atom stereocenters. The lowest BCUT2D eigenvalue weighted by atomic mass is 10.2. The molecule has 6 heteroatoms. The number of hydrogen-bond donors (Lipinski definition) is 1. The maximum atomic E-state index is 12.4. The Balaban J connectivity index is 1.96. The topological polar surface area (TPSA) is 72.5 Å². The molecule has 2 rings (SSSR count). The zero-order valence-corrected chi connectivity index (χ0v) is 13.8. The Labute approximate surface area is 136 Å². The van der Waals surface area contributed by atoms with Crippen LogP contribution in [0.5, 0.6) is 0 Å². The maximum Gasteiger partial charge on any atom is 0.408 e. The van der Waals surface area contributed by atoms with Crippen LogP contribution in [-0.4, -0.2) is 19.9 Å². The smallest absolute Gasteiger partial charge is 0.408 e. The molecule has 0 radical (unpaired) electrons. The number of amides is 1. The van der Waals surface area contributed by atoms with Gasteiger partial charge in [0.05, 0.1) is 4.90 Å². The van der Waals surface area contributed by atoms with Crippen molar-refractivity contribution in [1.82, 2.24) is 5.32 Å². The summed E-state index contributed by atoms with van der Waals surface area (Å²) in [5, 5.41) is 1.28. The van der Waals surface area contributed by atoms with Crippen LogP contribution in [0.2, 0.25) is 0 Å². The number of sulfone groups is 1. The van der Waals surface area contributed by atoms with Gasteiger partial charge in [-0.05, 0) is 31.5 Å². The third-order valence-corrected chi connectivity index (χ3v) is 5.33. The van der Waals surface area contributed by atoms with E-state index in [1.165, 1.54) is 19.1 Å². The fraction of sp³-hybridized carbons (Fsp3) is 0.235. The second kappa shape index (κ2) is 7.28. The number of rotatable bonds is 5. The standard InChI is InChI=1S/C17H19NO4S/c1-13-8-10-16(11-9-13)23(20,21)14(2)18-17(19)22-12-15-6-4-3-5-7-15/h3-11,14H,12H2,1-2H3,(H,18,19)/t14-/m0/s1. The molecule has 0 saturated heterocycles. The molecular weight excluding hydrogens is 314 g/mol. The summed E-state index contributed by atoms with van der Waals surface area (Å²) in [4.78, 5) is 11.9. The van der Waals surface area contributed by atoms with Crippen molar-refractivity contribution < 1.29 is 17.9 Å². The van der Waals surface area contributed by atoms with Crippen molar-refractivity contribution in [3.63, 3.8) is 0 Å². The monoisotopic (exact) mass is 333 g/mol. The van der Waals surface area contributed by atoms with E-state index in [0.717, 1.165) is 11.1 Å². The largest absolute Gasteiger partial charge is 0.445 e.